The van der Waals surface area contributed by atoms with Crippen LogP contribution in [-0.4, -0.2) is 36.5 Å². The monoisotopic (exact) mass is 239 g/mol. The van der Waals surface area contributed by atoms with E-state index in [-0.39, 0.29) is 5.91 Å². The molecule has 16 heavy (non-hydrogen) atoms. The molecule has 2 heterocycles. The molecule has 0 saturated carbocycles. The third-order valence-electron chi connectivity index (χ3n) is 2.77. The van der Waals surface area contributed by atoms with E-state index in [1.54, 1.807) is 11.3 Å². The number of hydrogen-bond donors (Lipinski definition) is 2. The van der Waals surface area contributed by atoms with Gasteiger partial charge in [-0.3, -0.25) is 9.69 Å². The van der Waals surface area contributed by atoms with E-state index in [1.165, 1.54) is 4.88 Å². The molecule has 4 nitrogen and oxygen atoms in total. The number of carbonyl (C=O) groups excluding carboxylic acids is 1. The highest BCUT2D eigenvalue weighted by Gasteiger charge is 2.16. The normalized spacial score (nSPS) is 22.2. The Morgan fingerprint density at radius 2 is 2.56 bits per heavy atom. The van der Waals surface area contributed by atoms with Crippen LogP contribution in [0.4, 0.5) is 0 Å². The summed E-state index contributed by atoms with van der Waals surface area (Å²) < 4.78 is 0. The lowest BCUT2D eigenvalue weighted by atomic mass is 10.2. The van der Waals surface area contributed by atoms with Crippen molar-refractivity contribution >= 4 is 17.2 Å². The van der Waals surface area contributed by atoms with Gasteiger partial charge in [-0.15, -0.1) is 11.3 Å². The van der Waals surface area contributed by atoms with Crippen LogP contribution in [0.3, 0.4) is 0 Å². The van der Waals surface area contributed by atoms with Crippen LogP contribution in [0.25, 0.3) is 0 Å². The van der Waals surface area contributed by atoms with Gasteiger partial charge in [0.15, 0.2) is 0 Å². The van der Waals surface area contributed by atoms with Crippen molar-refractivity contribution in [3.05, 3.63) is 21.9 Å². The molecule has 2 rings (SSSR count). The first-order valence-corrected chi connectivity index (χ1v) is 6.36. The summed E-state index contributed by atoms with van der Waals surface area (Å²) in [4.78, 5) is 14.6. The van der Waals surface area contributed by atoms with E-state index in [4.69, 9.17) is 5.73 Å². The van der Waals surface area contributed by atoms with Crippen molar-refractivity contribution in [2.24, 2.45) is 5.73 Å². The fraction of sp³-hybridized carbons (Fsp3) is 0.545. The van der Waals surface area contributed by atoms with Gasteiger partial charge < -0.3 is 11.1 Å². The van der Waals surface area contributed by atoms with E-state index in [2.05, 4.69) is 17.1 Å². The quantitative estimate of drug-likeness (QED) is 0.814. The molecule has 0 aliphatic carbocycles. The maximum Gasteiger partial charge on any atom is 0.249 e. The summed E-state index contributed by atoms with van der Waals surface area (Å²) >= 11 is 1.61. The number of nitrogens with zero attached hydrogens (tertiary/aromatic N) is 1. The van der Waals surface area contributed by atoms with Crippen molar-refractivity contribution in [1.29, 1.82) is 0 Å². The molecule has 1 amide bonds. The van der Waals surface area contributed by atoms with Gasteiger partial charge in [-0.05, 0) is 13.0 Å². The lowest BCUT2D eigenvalue weighted by molar-refractivity contribution is 0.100. The topological polar surface area (TPSA) is 58.4 Å². The molecule has 1 aliphatic rings. The molecule has 5 heteroatoms. The Labute approximate surface area is 99.4 Å². The highest BCUT2D eigenvalue weighted by molar-refractivity contribution is 7.10. The number of amides is 1. The Morgan fingerprint density at radius 3 is 3.19 bits per heavy atom. The fourth-order valence-corrected chi connectivity index (χ4v) is 2.88. The van der Waals surface area contributed by atoms with E-state index in [0.29, 0.717) is 11.6 Å². The van der Waals surface area contributed by atoms with Crippen LogP contribution in [-0.2, 0) is 6.54 Å². The van der Waals surface area contributed by atoms with Gasteiger partial charge in [0.2, 0.25) is 5.91 Å². The van der Waals surface area contributed by atoms with E-state index in [1.807, 2.05) is 11.4 Å². The second-order valence-corrected chi connectivity index (χ2v) is 5.25. The summed E-state index contributed by atoms with van der Waals surface area (Å²) in [6, 6.07) is 2.45. The predicted molar refractivity (Wildman–Crippen MR) is 65.6 cm³/mol. The average molecular weight is 239 g/mol. The van der Waals surface area contributed by atoms with E-state index < -0.39 is 0 Å². The van der Waals surface area contributed by atoms with Gasteiger partial charge in [-0.25, -0.2) is 0 Å². The molecule has 1 fully saturated rings. The van der Waals surface area contributed by atoms with Crippen LogP contribution in [0.2, 0.25) is 0 Å². The fourth-order valence-electron chi connectivity index (χ4n) is 1.97. The van der Waals surface area contributed by atoms with Crippen LogP contribution >= 0.6 is 11.3 Å². The number of thiophene rings is 1. The standard InChI is InChI=1S/C11H17N3OS/c1-8-5-14(3-2-13-8)6-10-4-9(7-16-10)11(12)15/h4,7-8,13H,2-3,5-6H2,1H3,(H2,12,15). The van der Waals surface area contributed by atoms with Gasteiger partial charge in [0, 0.05) is 42.5 Å². The molecule has 88 valence electrons. The third kappa shape index (κ3) is 2.81. The zero-order chi connectivity index (χ0) is 11.5. The Balaban J connectivity index is 1.95. The van der Waals surface area contributed by atoms with E-state index >= 15 is 0 Å². The Bertz CT molecular complexity index is 377. The first kappa shape index (κ1) is 11.6. The third-order valence-corrected chi connectivity index (χ3v) is 3.69. The van der Waals surface area contributed by atoms with Crippen molar-refractivity contribution in [2.75, 3.05) is 19.6 Å². The molecule has 0 aromatic carbocycles. The Hall–Kier alpha value is -0.910. The predicted octanol–water partition coefficient (Wildman–Crippen LogP) is 0.641. The van der Waals surface area contributed by atoms with Crippen LogP contribution in [0.15, 0.2) is 11.4 Å². The molecule has 1 aromatic heterocycles. The second-order valence-electron chi connectivity index (χ2n) is 4.26. The smallest absolute Gasteiger partial charge is 0.249 e. The second kappa shape index (κ2) is 4.95. The lowest BCUT2D eigenvalue weighted by Gasteiger charge is -2.31. The molecular weight excluding hydrogens is 222 g/mol. The van der Waals surface area contributed by atoms with Crippen LogP contribution in [0.5, 0.6) is 0 Å². The summed E-state index contributed by atoms with van der Waals surface area (Å²) in [6.07, 6.45) is 0. The minimum atomic E-state index is -0.337. The maximum atomic E-state index is 11.0. The van der Waals surface area contributed by atoms with E-state index in [0.717, 1.165) is 26.2 Å². The lowest BCUT2D eigenvalue weighted by Crippen LogP contribution is -2.48. The highest BCUT2D eigenvalue weighted by Crippen LogP contribution is 2.17. The first-order valence-electron chi connectivity index (χ1n) is 5.48. The molecule has 3 N–H and O–H groups in total. The van der Waals surface area contributed by atoms with Crippen molar-refractivity contribution in [2.45, 2.75) is 19.5 Å². The van der Waals surface area contributed by atoms with Crippen molar-refractivity contribution in [3.8, 4) is 0 Å². The molecule has 1 saturated heterocycles. The molecule has 0 spiro atoms. The first-order chi connectivity index (χ1) is 7.65. The number of piperazine rings is 1. The number of carbonyl (C=O) groups is 1. The number of rotatable bonds is 3. The average Bonchev–Trinajstić information content (AvgIpc) is 2.66. The zero-order valence-electron chi connectivity index (χ0n) is 9.40. The van der Waals surface area contributed by atoms with Gasteiger partial charge in [-0.1, -0.05) is 0 Å². The minimum absolute atomic E-state index is 0.337. The summed E-state index contributed by atoms with van der Waals surface area (Å²) in [7, 11) is 0. The zero-order valence-corrected chi connectivity index (χ0v) is 10.2. The van der Waals surface area contributed by atoms with Gasteiger partial charge in [0.1, 0.15) is 0 Å². The molecule has 1 aromatic rings. The summed E-state index contributed by atoms with van der Waals surface area (Å²) in [6.45, 7) is 6.27. The number of primary amides is 1. The maximum absolute atomic E-state index is 11.0. The summed E-state index contributed by atoms with van der Waals surface area (Å²) in [5.74, 6) is -0.337. The van der Waals surface area contributed by atoms with E-state index in [9.17, 15) is 4.79 Å². The summed E-state index contributed by atoms with van der Waals surface area (Å²) in [5, 5.41) is 5.25. The van der Waals surface area contributed by atoms with Gasteiger partial charge in [0.05, 0.1) is 5.56 Å². The highest BCUT2D eigenvalue weighted by atomic mass is 32.1. The van der Waals surface area contributed by atoms with Crippen molar-refractivity contribution in [3.63, 3.8) is 0 Å². The van der Waals surface area contributed by atoms with Gasteiger partial charge in [0.25, 0.3) is 0 Å². The van der Waals surface area contributed by atoms with Gasteiger partial charge >= 0.3 is 0 Å². The molecule has 1 aliphatic heterocycles. The van der Waals surface area contributed by atoms with Crippen LogP contribution in [0, 0.1) is 0 Å². The molecular formula is C11H17N3OS. The minimum Gasteiger partial charge on any atom is -0.366 e. The molecule has 1 atom stereocenters. The van der Waals surface area contributed by atoms with Gasteiger partial charge in [-0.2, -0.15) is 0 Å². The number of nitrogens with one attached hydrogen (secondary N) is 1. The van der Waals surface area contributed by atoms with Crippen LogP contribution in [0.1, 0.15) is 22.2 Å². The Kier molecular flexibility index (Phi) is 3.58. The number of hydrogen-bond acceptors (Lipinski definition) is 4. The Morgan fingerprint density at radius 1 is 1.75 bits per heavy atom. The SMILES string of the molecule is CC1CN(Cc2cc(C(N)=O)cs2)CCN1. The largest absolute Gasteiger partial charge is 0.366 e. The van der Waals surface area contributed by atoms with Crippen molar-refractivity contribution in [1.82, 2.24) is 10.2 Å². The van der Waals surface area contributed by atoms with Crippen molar-refractivity contribution < 1.29 is 4.79 Å². The molecule has 0 bridgehead atoms. The van der Waals surface area contributed by atoms with Crippen LogP contribution < -0.4 is 11.1 Å². The summed E-state index contributed by atoms with van der Waals surface area (Å²) in [5.41, 5.74) is 5.85. The number of nitrogens with two attached hydrogens (primary N) is 1. The molecule has 1 unspecified atom stereocenters. The molecule has 0 radical (unpaired) electrons.